The van der Waals surface area contributed by atoms with Crippen molar-refractivity contribution in [2.75, 3.05) is 13.7 Å². The van der Waals surface area contributed by atoms with Gasteiger partial charge in [0.2, 0.25) is 5.91 Å². The Kier molecular flexibility index (Phi) is 6.36. The maximum absolute atomic E-state index is 13.8. The largest absolute Gasteiger partial charge is 0.497 e. The number of benzene rings is 2. The number of halogens is 1. The molecule has 1 aromatic heterocycles. The predicted octanol–water partition coefficient (Wildman–Crippen LogP) is 5.20. The number of aliphatic hydroxyl groups is 1. The second-order valence-electron chi connectivity index (χ2n) is 9.82. The van der Waals surface area contributed by atoms with Crippen molar-refractivity contribution in [3.8, 4) is 5.75 Å². The first-order chi connectivity index (χ1) is 16.8. The van der Waals surface area contributed by atoms with E-state index in [1.165, 1.54) is 0 Å². The van der Waals surface area contributed by atoms with E-state index in [1.807, 2.05) is 48.2 Å². The predicted molar refractivity (Wildman–Crippen MR) is 135 cm³/mol. The summed E-state index contributed by atoms with van der Waals surface area (Å²) in [5.41, 5.74) is 1.21. The lowest BCUT2D eigenvalue weighted by Crippen LogP contribution is -2.56. The van der Waals surface area contributed by atoms with Gasteiger partial charge in [0.15, 0.2) is 0 Å². The molecule has 35 heavy (non-hydrogen) atoms. The smallest absolute Gasteiger partial charge is 0.340 e. The van der Waals surface area contributed by atoms with Gasteiger partial charge in [0.25, 0.3) is 0 Å². The van der Waals surface area contributed by atoms with E-state index in [-0.39, 0.29) is 24.3 Å². The molecule has 184 valence electrons. The first-order valence-corrected chi connectivity index (χ1v) is 12.6. The van der Waals surface area contributed by atoms with Gasteiger partial charge in [-0.05, 0) is 61.6 Å². The lowest BCUT2D eigenvalue weighted by molar-refractivity contribution is -0.154. The minimum absolute atomic E-state index is 0.0502. The van der Waals surface area contributed by atoms with Crippen LogP contribution in [0.5, 0.6) is 5.75 Å². The van der Waals surface area contributed by atoms with Crippen molar-refractivity contribution in [2.24, 2.45) is 5.92 Å². The molecule has 2 aromatic carbocycles. The number of aryl methyl sites for hydroxylation is 1. The number of nitrogens with zero attached hydrogens (tertiary/aromatic N) is 1. The standard InChI is InChI=1S/C28H30ClNO5/c1-17-21-11-10-20(34-2)15-24(21)35-27(32)22(17)16-25(31)30-14-13-28(33)12-4-3-5-23(28)26(30)18-6-8-19(29)9-7-18/h6-11,15,23,26,33H,3-5,12-14,16H2,1-2H3. The van der Waals surface area contributed by atoms with Crippen molar-refractivity contribution in [2.45, 2.75) is 57.1 Å². The molecule has 1 aliphatic heterocycles. The van der Waals surface area contributed by atoms with Crippen LogP contribution in [0, 0.1) is 12.8 Å². The number of hydrogen-bond donors (Lipinski definition) is 1. The second kappa shape index (κ2) is 9.32. The van der Waals surface area contributed by atoms with E-state index in [0.29, 0.717) is 34.9 Å². The summed E-state index contributed by atoms with van der Waals surface area (Å²) in [6.45, 7) is 2.29. The van der Waals surface area contributed by atoms with E-state index in [1.54, 1.807) is 13.2 Å². The van der Waals surface area contributed by atoms with Crippen LogP contribution in [0.15, 0.2) is 51.7 Å². The van der Waals surface area contributed by atoms with Crippen molar-refractivity contribution < 1.29 is 19.1 Å². The first kappa shape index (κ1) is 23.9. The van der Waals surface area contributed by atoms with Crippen LogP contribution < -0.4 is 10.4 Å². The van der Waals surface area contributed by atoms with Crippen molar-refractivity contribution in [3.05, 3.63) is 74.6 Å². The van der Waals surface area contributed by atoms with Crippen LogP contribution in [0.3, 0.4) is 0 Å². The van der Waals surface area contributed by atoms with Gasteiger partial charge in [-0.2, -0.15) is 0 Å². The van der Waals surface area contributed by atoms with Gasteiger partial charge < -0.3 is 19.2 Å². The lowest BCUT2D eigenvalue weighted by Gasteiger charge is -2.52. The second-order valence-corrected chi connectivity index (χ2v) is 10.3. The fourth-order valence-electron chi connectivity index (χ4n) is 5.99. The number of likely N-dealkylation sites (tertiary alicyclic amines) is 1. The third-order valence-corrected chi connectivity index (χ3v) is 8.17. The molecular formula is C28H30ClNO5. The number of carbonyl (C=O) groups is 1. The monoisotopic (exact) mass is 495 g/mol. The molecule has 1 N–H and O–H groups in total. The van der Waals surface area contributed by atoms with Gasteiger partial charge in [0.05, 0.1) is 30.7 Å². The molecule has 3 unspecified atom stereocenters. The number of rotatable bonds is 4. The molecule has 6 nitrogen and oxygen atoms in total. The maximum atomic E-state index is 13.8. The maximum Gasteiger partial charge on any atom is 0.340 e. The molecule has 1 saturated carbocycles. The third-order valence-electron chi connectivity index (χ3n) is 7.92. The van der Waals surface area contributed by atoms with E-state index < -0.39 is 11.2 Å². The van der Waals surface area contributed by atoms with Gasteiger partial charge in [-0.3, -0.25) is 4.79 Å². The van der Waals surface area contributed by atoms with Gasteiger partial charge >= 0.3 is 5.63 Å². The fourth-order valence-corrected chi connectivity index (χ4v) is 6.12. The molecule has 0 bridgehead atoms. The Hall–Kier alpha value is -2.83. The Balaban J connectivity index is 1.50. The van der Waals surface area contributed by atoms with Crippen molar-refractivity contribution in [3.63, 3.8) is 0 Å². The van der Waals surface area contributed by atoms with Crippen LogP contribution in [0.1, 0.15) is 54.8 Å². The molecule has 0 radical (unpaired) electrons. The molecule has 5 rings (SSSR count). The number of carbonyl (C=O) groups excluding carboxylic acids is 1. The number of amides is 1. The van der Waals surface area contributed by atoms with E-state index in [9.17, 15) is 14.7 Å². The molecule has 3 aromatic rings. The highest BCUT2D eigenvalue weighted by molar-refractivity contribution is 6.30. The van der Waals surface area contributed by atoms with E-state index in [2.05, 4.69) is 0 Å². The minimum atomic E-state index is -0.781. The van der Waals surface area contributed by atoms with Gasteiger partial charge in [-0.15, -0.1) is 0 Å². The molecule has 1 amide bonds. The van der Waals surface area contributed by atoms with Crippen molar-refractivity contribution in [1.29, 1.82) is 0 Å². The normalized spacial score (nSPS) is 24.3. The number of ether oxygens (including phenoxy) is 1. The zero-order valence-electron chi connectivity index (χ0n) is 20.1. The quantitative estimate of drug-likeness (QED) is 0.503. The summed E-state index contributed by atoms with van der Waals surface area (Å²) < 4.78 is 10.8. The summed E-state index contributed by atoms with van der Waals surface area (Å²) in [5, 5.41) is 12.9. The van der Waals surface area contributed by atoms with E-state index >= 15 is 0 Å². The molecule has 0 spiro atoms. The van der Waals surface area contributed by atoms with Gasteiger partial charge in [-0.1, -0.05) is 36.6 Å². The van der Waals surface area contributed by atoms with Crippen LogP contribution in [0.2, 0.25) is 5.02 Å². The average molecular weight is 496 g/mol. The Morgan fingerprint density at radius 3 is 2.71 bits per heavy atom. The van der Waals surface area contributed by atoms with Crippen LogP contribution >= 0.6 is 11.6 Å². The van der Waals surface area contributed by atoms with Crippen LogP contribution in [0.25, 0.3) is 11.0 Å². The van der Waals surface area contributed by atoms with E-state index in [4.69, 9.17) is 20.8 Å². The highest BCUT2D eigenvalue weighted by atomic mass is 35.5. The summed E-state index contributed by atoms with van der Waals surface area (Å²) >= 11 is 6.14. The highest BCUT2D eigenvalue weighted by Crippen LogP contribution is 2.49. The fraction of sp³-hybridized carbons (Fsp3) is 0.429. The third kappa shape index (κ3) is 4.34. The molecule has 1 aliphatic carbocycles. The molecule has 3 atom stereocenters. The minimum Gasteiger partial charge on any atom is -0.497 e. The van der Waals surface area contributed by atoms with Gasteiger partial charge in [0.1, 0.15) is 11.3 Å². The Labute approximate surface area is 209 Å². The van der Waals surface area contributed by atoms with Gasteiger partial charge in [-0.25, -0.2) is 4.79 Å². The molecule has 1 saturated heterocycles. The summed E-state index contributed by atoms with van der Waals surface area (Å²) in [5.74, 6) is 0.403. The Morgan fingerprint density at radius 2 is 1.97 bits per heavy atom. The zero-order valence-corrected chi connectivity index (χ0v) is 20.8. The summed E-state index contributed by atoms with van der Waals surface area (Å²) in [6.07, 6.45) is 4.11. The summed E-state index contributed by atoms with van der Waals surface area (Å²) in [6, 6.07) is 12.6. The molecule has 7 heteroatoms. The Bertz CT molecular complexity index is 1320. The SMILES string of the molecule is COc1ccc2c(C)c(CC(=O)N3CCC4(O)CCCCC4C3c3ccc(Cl)cc3)c(=O)oc2c1. The molecule has 2 fully saturated rings. The number of piperidine rings is 1. The van der Waals surface area contributed by atoms with Crippen LogP contribution in [-0.2, 0) is 11.2 Å². The lowest BCUT2D eigenvalue weighted by atomic mass is 9.66. The summed E-state index contributed by atoms with van der Waals surface area (Å²) in [4.78, 5) is 28.5. The summed E-state index contributed by atoms with van der Waals surface area (Å²) in [7, 11) is 1.56. The van der Waals surface area contributed by atoms with Crippen LogP contribution in [-0.4, -0.2) is 35.2 Å². The van der Waals surface area contributed by atoms with Crippen molar-refractivity contribution in [1.82, 2.24) is 4.90 Å². The average Bonchev–Trinajstić information content (AvgIpc) is 2.85. The molecular weight excluding hydrogens is 466 g/mol. The number of methoxy groups -OCH3 is 1. The number of hydrogen-bond acceptors (Lipinski definition) is 5. The van der Waals surface area contributed by atoms with E-state index in [0.717, 1.165) is 42.2 Å². The zero-order chi connectivity index (χ0) is 24.7. The topological polar surface area (TPSA) is 80.0 Å². The first-order valence-electron chi connectivity index (χ1n) is 12.2. The molecule has 2 aliphatic rings. The van der Waals surface area contributed by atoms with Gasteiger partial charge in [0, 0.05) is 28.9 Å². The number of fused-ring (bicyclic) bond motifs is 2. The highest BCUT2D eigenvalue weighted by Gasteiger charge is 2.50. The Morgan fingerprint density at radius 1 is 1.20 bits per heavy atom. The van der Waals surface area contributed by atoms with Crippen LogP contribution in [0.4, 0.5) is 0 Å². The molecule has 2 heterocycles. The van der Waals surface area contributed by atoms with Crippen molar-refractivity contribution >= 4 is 28.5 Å².